The van der Waals surface area contributed by atoms with Gasteiger partial charge in [0.05, 0.1) is 30.9 Å². The number of methoxy groups -OCH3 is 2. The molecule has 3 aromatic carbocycles. The quantitative estimate of drug-likeness (QED) is 0.216. The van der Waals surface area contributed by atoms with E-state index in [4.69, 9.17) is 14.2 Å². The maximum atomic E-state index is 13.1. The molecule has 5 aromatic rings. The lowest BCUT2D eigenvalue weighted by Crippen LogP contribution is -2.45. The summed E-state index contributed by atoms with van der Waals surface area (Å²) in [7, 11) is 3.13. The van der Waals surface area contributed by atoms with Crippen LogP contribution in [-0.4, -0.2) is 36.6 Å². The average Bonchev–Trinajstić information content (AvgIpc) is 2.96. The largest absolute Gasteiger partial charge is 0.493 e. The van der Waals surface area contributed by atoms with Gasteiger partial charge in [0, 0.05) is 34.9 Å². The zero-order chi connectivity index (χ0) is 26.5. The van der Waals surface area contributed by atoms with Crippen LogP contribution in [0.1, 0.15) is 0 Å². The molecule has 2 aromatic heterocycles. The summed E-state index contributed by atoms with van der Waals surface area (Å²) in [6, 6.07) is 20.5. The van der Waals surface area contributed by atoms with Gasteiger partial charge >= 0.3 is 6.03 Å². The van der Waals surface area contributed by atoms with E-state index >= 15 is 0 Å². The molecular formula is C28H23N5O5. The fraction of sp³-hybridized carbons (Fsp3) is 0.0714. The van der Waals surface area contributed by atoms with Crippen molar-refractivity contribution in [3.8, 4) is 23.0 Å². The predicted molar refractivity (Wildman–Crippen MR) is 144 cm³/mol. The molecule has 0 aliphatic rings. The van der Waals surface area contributed by atoms with Crippen molar-refractivity contribution in [1.82, 2.24) is 15.4 Å². The van der Waals surface area contributed by atoms with E-state index in [0.29, 0.717) is 57.2 Å². The second kappa shape index (κ2) is 10.7. The van der Waals surface area contributed by atoms with Crippen molar-refractivity contribution in [3.63, 3.8) is 0 Å². The molecule has 0 saturated heterocycles. The van der Waals surface area contributed by atoms with Crippen molar-refractivity contribution in [2.24, 2.45) is 0 Å². The number of carbonyl (C=O) groups excluding carboxylic acids is 2. The molecule has 2 heterocycles. The molecule has 38 heavy (non-hydrogen) atoms. The molecule has 3 amide bonds. The minimum absolute atomic E-state index is 0.440. The number of rotatable bonds is 8. The van der Waals surface area contributed by atoms with E-state index in [9.17, 15) is 9.59 Å². The summed E-state index contributed by atoms with van der Waals surface area (Å²) < 4.78 is 16.9. The van der Waals surface area contributed by atoms with Gasteiger partial charge in [-0.2, -0.15) is 0 Å². The van der Waals surface area contributed by atoms with Crippen molar-refractivity contribution in [2.75, 3.05) is 24.5 Å². The normalized spacial score (nSPS) is 10.6. The first-order valence-corrected chi connectivity index (χ1v) is 11.5. The molecule has 2 N–H and O–H groups in total. The number of hydrogen-bond acceptors (Lipinski definition) is 7. The van der Waals surface area contributed by atoms with Crippen LogP contribution in [0.5, 0.6) is 23.0 Å². The SMILES string of the molecule is COc1cc2nccc(Oc3ccc(NC(=O)N(NC=O)c4cccc5ncccc45)cc3)c2cc1OC. The van der Waals surface area contributed by atoms with E-state index < -0.39 is 6.03 Å². The predicted octanol–water partition coefficient (Wildman–Crippen LogP) is 5.29. The Labute approximate surface area is 217 Å². The van der Waals surface area contributed by atoms with Crippen molar-refractivity contribution in [3.05, 3.63) is 85.2 Å². The number of amides is 3. The van der Waals surface area contributed by atoms with Gasteiger partial charge in [-0.1, -0.05) is 6.07 Å². The summed E-state index contributed by atoms with van der Waals surface area (Å²) in [6.45, 7) is 0. The van der Waals surface area contributed by atoms with Gasteiger partial charge in [-0.05, 0) is 60.7 Å². The van der Waals surface area contributed by atoms with Crippen LogP contribution in [0.2, 0.25) is 0 Å². The number of pyridine rings is 2. The fourth-order valence-corrected chi connectivity index (χ4v) is 4.02. The van der Waals surface area contributed by atoms with Gasteiger partial charge in [-0.25, -0.2) is 9.80 Å². The van der Waals surface area contributed by atoms with Gasteiger partial charge in [0.25, 0.3) is 0 Å². The second-order valence-electron chi connectivity index (χ2n) is 8.02. The standard InChI is InChI=1S/C28H23N5O5/c1-36-26-15-21-23(16-27(26)37-2)30-14-12-25(21)38-19-10-8-18(9-11-19)32-28(35)33(31-17-34)24-7-3-6-22-20(24)5-4-13-29-22/h3-17H,1-2H3,(H,31,34)(H,32,35). The van der Waals surface area contributed by atoms with Crippen molar-refractivity contribution < 1.29 is 23.8 Å². The molecule has 190 valence electrons. The monoisotopic (exact) mass is 509 g/mol. The lowest BCUT2D eigenvalue weighted by molar-refractivity contribution is -0.109. The number of anilines is 2. The van der Waals surface area contributed by atoms with Gasteiger partial charge in [-0.15, -0.1) is 0 Å². The van der Waals surface area contributed by atoms with Gasteiger partial charge in [0.2, 0.25) is 6.41 Å². The Bertz CT molecular complexity index is 1620. The van der Waals surface area contributed by atoms with Gasteiger partial charge in [0.1, 0.15) is 11.5 Å². The molecule has 0 unspecified atom stereocenters. The van der Waals surface area contributed by atoms with Crippen LogP contribution in [0.15, 0.2) is 85.2 Å². The van der Waals surface area contributed by atoms with Crippen LogP contribution < -0.4 is 30.0 Å². The third-order valence-electron chi connectivity index (χ3n) is 5.79. The van der Waals surface area contributed by atoms with E-state index in [-0.39, 0.29) is 0 Å². The molecule has 0 atom stereocenters. The molecule has 0 aliphatic heterocycles. The van der Waals surface area contributed by atoms with E-state index in [1.54, 1.807) is 81.2 Å². The van der Waals surface area contributed by atoms with Gasteiger partial charge < -0.3 is 19.5 Å². The Morgan fingerprint density at radius 2 is 1.58 bits per heavy atom. The Morgan fingerprint density at radius 3 is 2.34 bits per heavy atom. The highest BCUT2D eigenvalue weighted by atomic mass is 16.5. The number of ether oxygens (including phenoxy) is 3. The summed E-state index contributed by atoms with van der Waals surface area (Å²) in [5.74, 6) is 2.26. The Hall–Kier alpha value is -5.38. The smallest absolute Gasteiger partial charge is 0.345 e. The molecule has 0 spiro atoms. The van der Waals surface area contributed by atoms with E-state index in [0.717, 1.165) is 10.4 Å². The van der Waals surface area contributed by atoms with Crippen LogP contribution in [0.25, 0.3) is 21.8 Å². The Kier molecular flexibility index (Phi) is 6.85. The number of aromatic nitrogens is 2. The second-order valence-corrected chi connectivity index (χ2v) is 8.02. The minimum atomic E-state index is -0.553. The summed E-state index contributed by atoms with van der Waals surface area (Å²) in [4.78, 5) is 33.1. The Balaban J connectivity index is 1.36. The molecule has 0 saturated carbocycles. The van der Waals surface area contributed by atoms with Crippen molar-refractivity contribution in [1.29, 1.82) is 0 Å². The molecule has 0 aliphatic carbocycles. The first-order chi connectivity index (χ1) is 18.6. The van der Waals surface area contributed by atoms with Crippen LogP contribution in [0, 0.1) is 0 Å². The molecule has 10 nitrogen and oxygen atoms in total. The molecule has 0 fully saturated rings. The number of carbonyl (C=O) groups is 2. The third-order valence-corrected chi connectivity index (χ3v) is 5.79. The van der Waals surface area contributed by atoms with E-state index in [2.05, 4.69) is 20.7 Å². The van der Waals surface area contributed by atoms with Crippen LogP contribution in [0.4, 0.5) is 16.2 Å². The number of benzene rings is 3. The first kappa shape index (κ1) is 24.3. The Morgan fingerprint density at radius 1 is 0.816 bits per heavy atom. The molecule has 0 radical (unpaired) electrons. The number of hydrogen-bond donors (Lipinski definition) is 2. The van der Waals surface area contributed by atoms with Crippen molar-refractivity contribution >= 4 is 45.6 Å². The summed E-state index contributed by atoms with van der Waals surface area (Å²) in [5.41, 5.74) is 4.82. The number of fused-ring (bicyclic) bond motifs is 2. The topological polar surface area (TPSA) is 115 Å². The zero-order valence-corrected chi connectivity index (χ0v) is 20.5. The van der Waals surface area contributed by atoms with E-state index in [1.807, 2.05) is 18.2 Å². The van der Waals surface area contributed by atoms with Gasteiger partial charge in [0.15, 0.2) is 11.5 Å². The van der Waals surface area contributed by atoms with Crippen LogP contribution in [0.3, 0.4) is 0 Å². The summed E-state index contributed by atoms with van der Waals surface area (Å²) >= 11 is 0. The van der Waals surface area contributed by atoms with Crippen LogP contribution in [-0.2, 0) is 4.79 Å². The van der Waals surface area contributed by atoms with E-state index in [1.165, 1.54) is 0 Å². The highest BCUT2D eigenvalue weighted by Crippen LogP contribution is 2.37. The maximum absolute atomic E-state index is 13.1. The average molecular weight is 510 g/mol. The number of hydrazine groups is 1. The number of nitrogens with one attached hydrogen (secondary N) is 2. The number of urea groups is 1. The lowest BCUT2D eigenvalue weighted by Gasteiger charge is -2.22. The summed E-state index contributed by atoms with van der Waals surface area (Å²) in [5, 5.41) is 5.38. The first-order valence-electron chi connectivity index (χ1n) is 11.5. The maximum Gasteiger partial charge on any atom is 0.345 e. The van der Waals surface area contributed by atoms with Crippen LogP contribution >= 0.6 is 0 Å². The van der Waals surface area contributed by atoms with Crippen molar-refractivity contribution in [2.45, 2.75) is 0 Å². The molecule has 0 bridgehead atoms. The minimum Gasteiger partial charge on any atom is -0.493 e. The molecule has 5 rings (SSSR count). The van der Waals surface area contributed by atoms with Gasteiger partial charge in [-0.3, -0.25) is 20.2 Å². The fourth-order valence-electron chi connectivity index (χ4n) is 4.02. The molecule has 10 heteroatoms. The third kappa shape index (κ3) is 4.82. The summed E-state index contributed by atoms with van der Waals surface area (Å²) in [6.07, 6.45) is 3.75. The number of nitrogens with zero attached hydrogens (tertiary/aromatic N) is 3. The lowest BCUT2D eigenvalue weighted by atomic mass is 10.2. The highest BCUT2D eigenvalue weighted by molar-refractivity contribution is 6.07. The molecular weight excluding hydrogens is 486 g/mol. The highest BCUT2D eigenvalue weighted by Gasteiger charge is 2.18. The zero-order valence-electron chi connectivity index (χ0n) is 20.5.